The number of hydrogen-bond acceptors (Lipinski definition) is 4. The molecule has 1 aromatic carbocycles. The quantitative estimate of drug-likeness (QED) is 0.840. The molecule has 1 aromatic rings. The van der Waals surface area contributed by atoms with Crippen molar-refractivity contribution in [2.24, 2.45) is 0 Å². The number of rotatable bonds is 6. The number of nitrogens with zero attached hydrogens (tertiary/aromatic N) is 1. The number of likely N-dealkylation sites (tertiary alicyclic amines) is 1. The molecule has 6 nitrogen and oxygen atoms in total. The number of methoxy groups -OCH3 is 1. The van der Waals surface area contributed by atoms with E-state index in [1.54, 1.807) is 4.90 Å². The molecule has 0 bridgehead atoms. The second kappa shape index (κ2) is 7.90. The lowest BCUT2D eigenvalue weighted by Crippen LogP contribution is -2.47. The topological polar surface area (TPSA) is 75.7 Å². The maximum atomic E-state index is 12.3. The molecule has 1 heterocycles. The van der Waals surface area contributed by atoms with Crippen LogP contribution in [0.4, 0.5) is 0 Å². The van der Waals surface area contributed by atoms with Crippen molar-refractivity contribution in [1.29, 1.82) is 0 Å². The van der Waals surface area contributed by atoms with Gasteiger partial charge in [0.2, 0.25) is 15.9 Å². The van der Waals surface area contributed by atoms with Gasteiger partial charge in [0, 0.05) is 26.2 Å². The first-order valence-electron chi connectivity index (χ1n) is 7.72. The van der Waals surface area contributed by atoms with Gasteiger partial charge in [0.15, 0.2) is 0 Å². The first-order valence-corrected chi connectivity index (χ1v) is 9.38. The van der Waals surface area contributed by atoms with Gasteiger partial charge in [0.05, 0.1) is 5.75 Å². The summed E-state index contributed by atoms with van der Waals surface area (Å²) in [7, 11) is -1.89. The number of carbonyl (C=O) groups excluding carboxylic acids is 1. The van der Waals surface area contributed by atoms with Gasteiger partial charge in [0.25, 0.3) is 0 Å². The Kier molecular flexibility index (Phi) is 6.15. The van der Waals surface area contributed by atoms with Crippen LogP contribution in [0, 0.1) is 6.92 Å². The van der Waals surface area contributed by atoms with E-state index in [0.717, 1.165) is 11.1 Å². The van der Waals surface area contributed by atoms with Crippen molar-refractivity contribution >= 4 is 15.9 Å². The zero-order chi connectivity index (χ0) is 16.9. The predicted octanol–water partition coefficient (Wildman–Crippen LogP) is 1.05. The van der Waals surface area contributed by atoms with Crippen LogP contribution in [0.3, 0.4) is 0 Å². The average molecular weight is 340 g/mol. The molecule has 1 amide bonds. The Morgan fingerprint density at radius 1 is 1.30 bits per heavy atom. The van der Waals surface area contributed by atoms with Crippen molar-refractivity contribution in [2.75, 3.05) is 26.8 Å². The highest BCUT2D eigenvalue weighted by atomic mass is 32.2. The molecular formula is C16H24N2O4S. The van der Waals surface area contributed by atoms with E-state index in [1.165, 1.54) is 7.11 Å². The van der Waals surface area contributed by atoms with Crippen LogP contribution < -0.4 is 4.72 Å². The Bertz CT molecular complexity index is 637. The predicted molar refractivity (Wildman–Crippen MR) is 88.4 cm³/mol. The Hall–Kier alpha value is -1.44. The van der Waals surface area contributed by atoms with Crippen molar-refractivity contribution in [2.45, 2.75) is 31.6 Å². The van der Waals surface area contributed by atoms with Crippen LogP contribution in [0.25, 0.3) is 0 Å². The largest absolute Gasteiger partial charge is 0.375 e. The van der Waals surface area contributed by atoms with Crippen LogP contribution in [-0.2, 0) is 25.3 Å². The summed E-state index contributed by atoms with van der Waals surface area (Å²) in [5.74, 6) is -0.0589. The lowest BCUT2D eigenvalue weighted by Gasteiger charge is -2.32. The molecule has 0 aliphatic carbocycles. The lowest BCUT2D eigenvalue weighted by molar-refractivity contribution is -0.136. The number of carbonyl (C=O) groups is 1. The molecule has 1 N–H and O–H groups in total. The van der Waals surface area contributed by atoms with E-state index in [4.69, 9.17) is 4.74 Å². The van der Waals surface area contributed by atoms with Crippen molar-refractivity contribution in [3.8, 4) is 0 Å². The Balaban J connectivity index is 1.88. The molecule has 0 atom stereocenters. The minimum Gasteiger partial charge on any atom is -0.375 e. The fourth-order valence-corrected chi connectivity index (χ4v) is 4.29. The second-order valence-corrected chi connectivity index (χ2v) is 7.65. The summed E-state index contributed by atoms with van der Waals surface area (Å²) in [6.45, 7) is 3.09. The van der Waals surface area contributed by atoms with Gasteiger partial charge in [0.1, 0.15) is 6.61 Å². The normalized spacial score (nSPS) is 16.5. The Morgan fingerprint density at radius 2 is 1.96 bits per heavy atom. The molecule has 0 aromatic heterocycles. The number of hydrogen-bond donors (Lipinski definition) is 1. The van der Waals surface area contributed by atoms with E-state index in [9.17, 15) is 13.2 Å². The third kappa shape index (κ3) is 5.30. The molecule has 0 saturated carbocycles. The van der Waals surface area contributed by atoms with E-state index in [-0.39, 0.29) is 24.3 Å². The maximum absolute atomic E-state index is 12.3. The summed E-state index contributed by atoms with van der Waals surface area (Å²) in [5.41, 5.74) is 1.78. The van der Waals surface area contributed by atoms with E-state index >= 15 is 0 Å². The van der Waals surface area contributed by atoms with Gasteiger partial charge >= 0.3 is 0 Å². The van der Waals surface area contributed by atoms with Crippen molar-refractivity contribution in [3.63, 3.8) is 0 Å². The van der Waals surface area contributed by atoms with Gasteiger partial charge < -0.3 is 9.64 Å². The molecule has 1 fully saturated rings. The van der Waals surface area contributed by atoms with E-state index in [1.807, 2.05) is 31.2 Å². The summed E-state index contributed by atoms with van der Waals surface area (Å²) < 4.78 is 32.3. The zero-order valence-electron chi connectivity index (χ0n) is 13.6. The molecule has 23 heavy (non-hydrogen) atoms. The highest BCUT2D eigenvalue weighted by Crippen LogP contribution is 2.15. The number of amides is 1. The van der Waals surface area contributed by atoms with Gasteiger partial charge in [-0.15, -0.1) is 0 Å². The lowest BCUT2D eigenvalue weighted by atomic mass is 10.1. The minimum absolute atomic E-state index is 0.0114. The number of benzene rings is 1. The second-order valence-electron chi connectivity index (χ2n) is 5.89. The highest BCUT2D eigenvalue weighted by molar-refractivity contribution is 7.88. The van der Waals surface area contributed by atoms with Crippen LogP contribution >= 0.6 is 0 Å². The number of nitrogens with one attached hydrogen (secondary N) is 1. The molecule has 0 radical (unpaired) electrons. The Labute approximate surface area is 137 Å². The Morgan fingerprint density at radius 3 is 2.57 bits per heavy atom. The summed E-state index contributed by atoms with van der Waals surface area (Å²) in [4.78, 5) is 13.4. The number of piperidine rings is 1. The van der Waals surface area contributed by atoms with Gasteiger partial charge in [-0.1, -0.05) is 24.3 Å². The molecule has 128 valence electrons. The molecule has 7 heteroatoms. The minimum atomic E-state index is -3.38. The molecule has 0 spiro atoms. The molecule has 1 aliphatic heterocycles. The summed E-state index contributed by atoms with van der Waals surface area (Å²) in [5, 5.41) is 0. The first-order chi connectivity index (χ1) is 10.9. The van der Waals surface area contributed by atoms with Gasteiger partial charge in [-0.05, 0) is 30.9 Å². The molecular weight excluding hydrogens is 316 g/mol. The zero-order valence-corrected chi connectivity index (χ0v) is 14.4. The van der Waals surface area contributed by atoms with Crippen LogP contribution in [0.15, 0.2) is 24.3 Å². The number of aryl methyl sites for hydroxylation is 1. The fraction of sp³-hybridized carbons (Fsp3) is 0.562. The van der Waals surface area contributed by atoms with E-state index in [0.29, 0.717) is 25.9 Å². The van der Waals surface area contributed by atoms with E-state index < -0.39 is 10.0 Å². The van der Waals surface area contributed by atoms with Crippen molar-refractivity contribution < 1.29 is 17.9 Å². The van der Waals surface area contributed by atoms with E-state index in [2.05, 4.69) is 4.72 Å². The smallest absolute Gasteiger partial charge is 0.248 e. The number of ether oxygens (including phenoxy) is 1. The molecule has 0 unspecified atom stereocenters. The monoisotopic (exact) mass is 340 g/mol. The summed E-state index contributed by atoms with van der Waals surface area (Å²) in [6.07, 6.45) is 1.25. The third-order valence-corrected chi connectivity index (χ3v) is 5.45. The van der Waals surface area contributed by atoms with Gasteiger partial charge in [-0.25, -0.2) is 13.1 Å². The van der Waals surface area contributed by atoms with Crippen LogP contribution in [-0.4, -0.2) is 52.1 Å². The third-order valence-electron chi connectivity index (χ3n) is 4.07. The standard InChI is InChI=1S/C16H24N2O4S/c1-13-5-3-4-6-14(13)12-23(20,21)17-15-7-9-18(10-8-15)16(19)11-22-2/h3-6,15,17H,7-12H2,1-2H3. The summed E-state index contributed by atoms with van der Waals surface area (Å²) in [6, 6.07) is 7.37. The van der Waals surface area contributed by atoms with Crippen LogP contribution in [0.5, 0.6) is 0 Å². The van der Waals surface area contributed by atoms with Gasteiger partial charge in [-0.3, -0.25) is 4.79 Å². The summed E-state index contributed by atoms with van der Waals surface area (Å²) >= 11 is 0. The van der Waals surface area contributed by atoms with Crippen LogP contribution in [0.1, 0.15) is 24.0 Å². The highest BCUT2D eigenvalue weighted by Gasteiger charge is 2.26. The SMILES string of the molecule is COCC(=O)N1CCC(NS(=O)(=O)Cc2ccccc2C)CC1. The molecule has 1 aliphatic rings. The number of sulfonamides is 1. The first kappa shape index (κ1) is 17.9. The van der Waals surface area contributed by atoms with Crippen molar-refractivity contribution in [3.05, 3.63) is 35.4 Å². The van der Waals surface area contributed by atoms with Gasteiger partial charge in [-0.2, -0.15) is 0 Å². The average Bonchev–Trinajstić information content (AvgIpc) is 2.50. The fourth-order valence-electron chi connectivity index (χ4n) is 2.73. The van der Waals surface area contributed by atoms with Crippen LogP contribution in [0.2, 0.25) is 0 Å². The molecule has 1 saturated heterocycles. The van der Waals surface area contributed by atoms with Crippen molar-refractivity contribution in [1.82, 2.24) is 9.62 Å². The molecule has 2 rings (SSSR count). The maximum Gasteiger partial charge on any atom is 0.248 e.